The van der Waals surface area contributed by atoms with Gasteiger partial charge in [0.05, 0.1) is 23.0 Å². The summed E-state index contributed by atoms with van der Waals surface area (Å²) in [6.45, 7) is 0. The Kier molecular flexibility index (Phi) is 5.00. The Morgan fingerprint density at radius 3 is 2.48 bits per heavy atom. The van der Waals surface area contributed by atoms with E-state index in [4.69, 9.17) is 17.0 Å². The largest absolute Gasteiger partial charge is 0.495 e. The summed E-state index contributed by atoms with van der Waals surface area (Å²) in [5.41, 5.74) is 3.98. The quantitative estimate of drug-likeness (QED) is 0.432. The van der Waals surface area contributed by atoms with Gasteiger partial charge in [0.1, 0.15) is 5.75 Å². The van der Waals surface area contributed by atoms with E-state index in [-0.39, 0.29) is 0 Å². The molecule has 0 aliphatic rings. The lowest BCUT2D eigenvalue weighted by molar-refractivity contribution is 0.417. The first-order valence-electron chi connectivity index (χ1n) is 8.40. The number of anilines is 2. The molecule has 0 radical (unpaired) electrons. The van der Waals surface area contributed by atoms with E-state index >= 15 is 0 Å². The molecule has 3 aromatic carbocycles. The number of hydrogen-bond donors (Lipinski definition) is 2. The number of thiazole rings is 1. The van der Waals surface area contributed by atoms with Crippen LogP contribution in [0.5, 0.6) is 5.75 Å². The fourth-order valence-corrected chi connectivity index (χ4v) is 3.93. The fourth-order valence-electron chi connectivity index (χ4n) is 2.79. The van der Waals surface area contributed by atoms with E-state index in [9.17, 15) is 0 Å². The second-order valence-corrected chi connectivity index (χ2v) is 7.29. The molecule has 0 atom stereocenters. The zero-order chi connectivity index (χ0) is 18.6. The van der Waals surface area contributed by atoms with E-state index in [1.165, 1.54) is 0 Å². The van der Waals surface area contributed by atoms with E-state index in [1.807, 2.05) is 60.7 Å². The molecule has 0 aliphatic carbocycles. The molecule has 4 rings (SSSR count). The fraction of sp³-hybridized carbons (Fsp3) is 0.0476. The maximum absolute atomic E-state index is 5.48. The van der Waals surface area contributed by atoms with Crippen molar-refractivity contribution >= 4 is 49.7 Å². The van der Waals surface area contributed by atoms with Crippen LogP contribution in [0.15, 0.2) is 72.8 Å². The number of benzene rings is 3. The highest BCUT2D eigenvalue weighted by atomic mass is 32.1. The molecule has 0 bridgehead atoms. The van der Waals surface area contributed by atoms with Crippen molar-refractivity contribution < 1.29 is 4.74 Å². The highest BCUT2D eigenvalue weighted by molar-refractivity contribution is 7.80. The third kappa shape index (κ3) is 3.92. The zero-order valence-corrected chi connectivity index (χ0v) is 16.2. The first kappa shape index (κ1) is 17.5. The molecule has 0 aliphatic heterocycles. The van der Waals surface area contributed by atoms with Crippen LogP contribution in [0.2, 0.25) is 0 Å². The smallest absolute Gasteiger partial charge is 0.190 e. The topological polar surface area (TPSA) is 46.2 Å². The minimum Gasteiger partial charge on any atom is -0.495 e. The molecule has 0 saturated heterocycles. The molecule has 0 amide bonds. The van der Waals surface area contributed by atoms with Crippen LogP contribution >= 0.6 is 23.6 Å². The summed E-state index contributed by atoms with van der Waals surface area (Å²) < 4.78 is 6.59. The van der Waals surface area contributed by atoms with Gasteiger partial charge in [-0.2, -0.15) is 0 Å². The van der Waals surface area contributed by atoms with Gasteiger partial charge in [-0.15, -0.1) is 0 Å². The van der Waals surface area contributed by atoms with Gasteiger partial charge < -0.3 is 15.4 Å². The standard InChI is InChI=1S/C21H17N3OS2/c1-25-18-12-11-15(14-7-3-2-4-8-14)13-17(18)22-20(26)24-21-23-16-9-5-6-10-19(16)27-21/h2-13H,1H3,(H2,22,23,24,26). The SMILES string of the molecule is COc1ccc(-c2ccccc2)cc1NC(=S)Nc1nc2ccccc2s1. The Hall–Kier alpha value is -2.96. The number of fused-ring (bicyclic) bond motifs is 1. The number of methoxy groups -OCH3 is 1. The van der Waals surface area contributed by atoms with Gasteiger partial charge >= 0.3 is 0 Å². The molecule has 27 heavy (non-hydrogen) atoms. The van der Waals surface area contributed by atoms with Crippen molar-refractivity contribution in [3.63, 3.8) is 0 Å². The van der Waals surface area contributed by atoms with Crippen LogP contribution in [0.25, 0.3) is 21.3 Å². The van der Waals surface area contributed by atoms with Crippen LogP contribution < -0.4 is 15.4 Å². The van der Waals surface area contributed by atoms with E-state index in [0.717, 1.165) is 37.9 Å². The highest BCUT2D eigenvalue weighted by Gasteiger charge is 2.10. The average molecular weight is 392 g/mol. The molecule has 0 spiro atoms. The number of nitrogens with one attached hydrogen (secondary N) is 2. The summed E-state index contributed by atoms with van der Waals surface area (Å²) in [7, 11) is 1.65. The Bertz CT molecular complexity index is 1060. The summed E-state index contributed by atoms with van der Waals surface area (Å²) in [6, 6.07) is 24.2. The van der Waals surface area contributed by atoms with Gasteiger partial charge in [-0.25, -0.2) is 4.98 Å². The van der Waals surface area contributed by atoms with Crippen LogP contribution in [0.1, 0.15) is 0 Å². The number of ether oxygens (including phenoxy) is 1. The summed E-state index contributed by atoms with van der Waals surface area (Å²) in [6.07, 6.45) is 0. The number of para-hydroxylation sites is 1. The monoisotopic (exact) mass is 391 g/mol. The van der Waals surface area contributed by atoms with Gasteiger partial charge in [-0.05, 0) is 47.6 Å². The van der Waals surface area contributed by atoms with Crippen LogP contribution in [0, 0.1) is 0 Å². The molecule has 4 aromatic rings. The average Bonchev–Trinajstić information content (AvgIpc) is 3.10. The Balaban J connectivity index is 1.56. The maximum Gasteiger partial charge on any atom is 0.190 e. The van der Waals surface area contributed by atoms with Crippen LogP contribution in [-0.2, 0) is 0 Å². The lowest BCUT2D eigenvalue weighted by Crippen LogP contribution is -2.19. The number of hydrogen-bond acceptors (Lipinski definition) is 4. The van der Waals surface area contributed by atoms with Crippen molar-refractivity contribution in [3.05, 3.63) is 72.8 Å². The Morgan fingerprint density at radius 2 is 1.70 bits per heavy atom. The van der Waals surface area contributed by atoms with Crippen molar-refractivity contribution in [3.8, 4) is 16.9 Å². The van der Waals surface area contributed by atoms with Crippen molar-refractivity contribution in [1.29, 1.82) is 0 Å². The number of nitrogens with zero attached hydrogens (tertiary/aromatic N) is 1. The normalized spacial score (nSPS) is 10.6. The predicted octanol–water partition coefficient (Wildman–Crippen LogP) is 5.78. The summed E-state index contributed by atoms with van der Waals surface area (Å²) in [5.74, 6) is 0.725. The van der Waals surface area contributed by atoms with E-state index < -0.39 is 0 Å². The summed E-state index contributed by atoms with van der Waals surface area (Å²) in [4.78, 5) is 4.55. The second kappa shape index (κ2) is 7.73. The third-order valence-electron chi connectivity index (χ3n) is 4.07. The van der Waals surface area contributed by atoms with Gasteiger partial charge in [0, 0.05) is 0 Å². The third-order valence-corrected chi connectivity index (χ3v) is 5.23. The molecule has 6 heteroatoms. The minimum absolute atomic E-state index is 0.470. The van der Waals surface area contributed by atoms with Crippen LogP contribution in [-0.4, -0.2) is 17.2 Å². The summed E-state index contributed by atoms with van der Waals surface area (Å²) in [5, 5.41) is 7.62. The first-order chi connectivity index (χ1) is 13.2. The Labute approximate surface area is 166 Å². The molecule has 134 valence electrons. The number of thiocarbonyl (C=S) groups is 1. The molecular formula is C21H17N3OS2. The Morgan fingerprint density at radius 1 is 0.926 bits per heavy atom. The van der Waals surface area contributed by atoms with E-state index in [0.29, 0.717) is 5.11 Å². The lowest BCUT2D eigenvalue weighted by atomic mass is 10.0. The number of aromatic nitrogens is 1. The van der Waals surface area contributed by atoms with Crippen molar-refractivity contribution in [2.24, 2.45) is 0 Å². The molecule has 2 N–H and O–H groups in total. The first-order valence-corrected chi connectivity index (χ1v) is 9.62. The molecule has 0 unspecified atom stereocenters. The molecule has 0 saturated carbocycles. The molecule has 1 heterocycles. The van der Waals surface area contributed by atoms with E-state index in [1.54, 1.807) is 18.4 Å². The minimum atomic E-state index is 0.470. The molecule has 1 aromatic heterocycles. The number of rotatable bonds is 4. The summed E-state index contributed by atoms with van der Waals surface area (Å²) >= 11 is 7.04. The van der Waals surface area contributed by atoms with E-state index in [2.05, 4.69) is 27.8 Å². The maximum atomic E-state index is 5.48. The van der Waals surface area contributed by atoms with Crippen molar-refractivity contribution in [2.45, 2.75) is 0 Å². The van der Waals surface area contributed by atoms with Crippen LogP contribution in [0.3, 0.4) is 0 Å². The predicted molar refractivity (Wildman–Crippen MR) is 118 cm³/mol. The van der Waals surface area contributed by atoms with Crippen LogP contribution in [0.4, 0.5) is 10.8 Å². The lowest BCUT2D eigenvalue weighted by Gasteiger charge is -2.14. The van der Waals surface area contributed by atoms with Crippen molar-refractivity contribution in [2.75, 3.05) is 17.7 Å². The van der Waals surface area contributed by atoms with Gasteiger partial charge in [0.2, 0.25) is 0 Å². The zero-order valence-electron chi connectivity index (χ0n) is 14.6. The molecular weight excluding hydrogens is 374 g/mol. The van der Waals surface area contributed by atoms with Gasteiger partial charge in [0.25, 0.3) is 0 Å². The second-order valence-electron chi connectivity index (χ2n) is 5.85. The van der Waals surface area contributed by atoms with Gasteiger partial charge in [-0.1, -0.05) is 59.9 Å². The molecule has 0 fully saturated rings. The van der Waals surface area contributed by atoms with Crippen molar-refractivity contribution in [1.82, 2.24) is 4.98 Å². The molecule has 4 nitrogen and oxygen atoms in total. The van der Waals surface area contributed by atoms with Gasteiger partial charge in [0.15, 0.2) is 10.2 Å². The van der Waals surface area contributed by atoms with Gasteiger partial charge in [-0.3, -0.25) is 0 Å². The highest BCUT2D eigenvalue weighted by Crippen LogP contribution is 2.31.